The quantitative estimate of drug-likeness (QED) is 0.737. The van der Waals surface area contributed by atoms with Gasteiger partial charge >= 0.3 is 0 Å². The molecule has 2 rings (SSSR count). The van der Waals surface area contributed by atoms with E-state index in [2.05, 4.69) is 37.7 Å². The molecule has 82 valence electrons. The summed E-state index contributed by atoms with van der Waals surface area (Å²) in [4.78, 5) is 7.89. The molecule has 0 spiro atoms. The molecule has 1 fully saturated rings. The van der Waals surface area contributed by atoms with Crippen molar-refractivity contribution < 1.29 is 0 Å². The first kappa shape index (κ1) is 10.8. The molecular formula is C12H18N2S. The smallest absolute Gasteiger partial charge is 0.130 e. The van der Waals surface area contributed by atoms with E-state index in [0.717, 1.165) is 5.82 Å². The maximum Gasteiger partial charge on any atom is 0.130 e. The average molecular weight is 222 g/mol. The first-order valence-corrected chi connectivity index (χ1v) is 5.84. The van der Waals surface area contributed by atoms with E-state index in [1.807, 2.05) is 6.07 Å². The number of hydrogen-bond acceptors (Lipinski definition) is 2. The maximum atomic E-state index is 5.22. The van der Waals surface area contributed by atoms with Crippen molar-refractivity contribution in [2.75, 3.05) is 0 Å². The zero-order chi connectivity index (χ0) is 11.3. The van der Waals surface area contributed by atoms with Gasteiger partial charge in [0.15, 0.2) is 0 Å². The number of hydrogen-bond donors (Lipinski definition) is 1. The van der Waals surface area contributed by atoms with Gasteiger partial charge in [-0.15, -0.1) is 0 Å². The number of aromatic amines is 1. The van der Waals surface area contributed by atoms with Crippen LogP contribution in [-0.2, 0) is 10.8 Å². The predicted octanol–water partition coefficient (Wildman–Crippen LogP) is 3.49. The molecule has 1 aliphatic rings. The van der Waals surface area contributed by atoms with Gasteiger partial charge in [0, 0.05) is 16.5 Å². The predicted molar refractivity (Wildman–Crippen MR) is 64.7 cm³/mol. The lowest BCUT2D eigenvalue weighted by molar-refractivity contribution is 0.553. The lowest BCUT2D eigenvalue weighted by atomic mass is 9.92. The molecule has 1 aliphatic carbocycles. The van der Waals surface area contributed by atoms with E-state index in [4.69, 9.17) is 12.2 Å². The molecule has 0 unspecified atom stereocenters. The third-order valence-corrected chi connectivity index (χ3v) is 3.33. The van der Waals surface area contributed by atoms with Crippen LogP contribution < -0.4 is 0 Å². The third kappa shape index (κ3) is 2.12. The van der Waals surface area contributed by atoms with Crippen molar-refractivity contribution in [2.24, 2.45) is 0 Å². The minimum absolute atomic E-state index is 0.108. The van der Waals surface area contributed by atoms with Crippen molar-refractivity contribution in [3.63, 3.8) is 0 Å². The van der Waals surface area contributed by atoms with E-state index >= 15 is 0 Å². The summed E-state index contributed by atoms with van der Waals surface area (Å²) in [6.07, 6.45) is 2.44. The van der Waals surface area contributed by atoms with Crippen LogP contribution in [0.5, 0.6) is 0 Å². The average Bonchev–Trinajstić information content (AvgIpc) is 2.82. The Balaban J connectivity index is 2.51. The van der Waals surface area contributed by atoms with Crippen LogP contribution in [0.3, 0.4) is 0 Å². The highest BCUT2D eigenvalue weighted by atomic mass is 32.1. The number of nitrogens with one attached hydrogen (secondary N) is 1. The third-order valence-electron chi connectivity index (χ3n) is 3.12. The number of H-pyrrole nitrogens is 1. The second-order valence-electron chi connectivity index (χ2n) is 5.79. The molecule has 0 bridgehead atoms. The fraction of sp³-hybridized carbons (Fsp3) is 0.667. The molecule has 1 aromatic rings. The molecule has 0 radical (unpaired) electrons. The summed E-state index contributed by atoms with van der Waals surface area (Å²) in [6.45, 7) is 8.80. The minimum Gasteiger partial charge on any atom is -0.346 e. The second kappa shape index (κ2) is 3.14. The monoisotopic (exact) mass is 222 g/mol. The summed E-state index contributed by atoms with van der Waals surface area (Å²) in [6, 6.07) is 1.98. The van der Waals surface area contributed by atoms with Crippen LogP contribution in [0.15, 0.2) is 6.07 Å². The summed E-state index contributed by atoms with van der Waals surface area (Å²) < 4.78 is 0.710. The Kier molecular flexibility index (Phi) is 2.26. The molecule has 0 atom stereocenters. The summed E-state index contributed by atoms with van der Waals surface area (Å²) in [5.74, 6) is 1.07. The number of aromatic nitrogens is 2. The fourth-order valence-electron chi connectivity index (χ4n) is 1.57. The van der Waals surface area contributed by atoms with Crippen molar-refractivity contribution >= 4 is 12.2 Å². The van der Waals surface area contributed by atoms with Gasteiger partial charge in [0.05, 0.1) is 0 Å². The van der Waals surface area contributed by atoms with Crippen molar-refractivity contribution in [3.8, 4) is 0 Å². The van der Waals surface area contributed by atoms with Crippen molar-refractivity contribution in [3.05, 3.63) is 22.2 Å². The Morgan fingerprint density at radius 3 is 2.47 bits per heavy atom. The van der Waals surface area contributed by atoms with Crippen LogP contribution in [0.1, 0.15) is 52.1 Å². The Bertz CT molecular complexity index is 409. The first-order chi connectivity index (χ1) is 6.81. The van der Waals surface area contributed by atoms with Crippen LogP contribution in [0, 0.1) is 4.64 Å². The fourth-order valence-corrected chi connectivity index (χ4v) is 1.78. The highest BCUT2D eigenvalue weighted by Crippen LogP contribution is 2.46. The molecular weight excluding hydrogens is 204 g/mol. The second-order valence-corrected chi connectivity index (χ2v) is 6.21. The highest BCUT2D eigenvalue weighted by Gasteiger charge is 2.41. The van der Waals surface area contributed by atoms with Crippen LogP contribution in [-0.4, -0.2) is 9.97 Å². The van der Waals surface area contributed by atoms with E-state index in [-0.39, 0.29) is 10.8 Å². The van der Waals surface area contributed by atoms with Gasteiger partial charge in [0.2, 0.25) is 0 Å². The largest absolute Gasteiger partial charge is 0.346 e. The lowest BCUT2D eigenvalue weighted by Gasteiger charge is -2.20. The van der Waals surface area contributed by atoms with Gasteiger partial charge in [-0.1, -0.05) is 39.9 Å². The van der Waals surface area contributed by atoms with Gasteiger partial charge in [-0.2, -0.15) is 0 Å². The van der Waals surface area contributed by atoms with Crippen molar-refractivity contribution in [1.29, 1.82) is 0 Å². The normalized spacial score (nSPS) is 18.9. The van der Waals surface area contributed by atoms with E-state index in [0.29, 0.717) is 4.64 Å². The lowest BCUT2D eigenvalue weighted by Crippen LogP contribution is -2.18. The molecule has 3 heteroatoms. The van der Waals surface area contributed by atoms with E-state index in [1.165, 1.54) is 18.5 Å². The van der Waals surface area contributed by atoms with Gasteiger partial charge < -0.3 is 4.98 Å². The first-order valence-electron chi connectivity index (χ1n) is 5.44. The topological polar surface area (TPSA) is 28.7 Å². The van der Waals surface area contributed by atoms with Crippen LogP contribution >= 0.6 is 12.2 Å². The SMILES string of the molecule is CC(C)(C)c1cc(=S)nc(C2(C)CC2)[nH]1. The Hall–Kier alpha value is -0.700. The van der Waals surface area contributed by atoms with Crippen LogP contribution in [0.25, 0.3) is 0 Å². The maximum absolute atomic E-state index is 5.22. The zero-order valence-electron chi connectivity index (χ0n) is 9.85. The van der Waals surface area contributed by atoms with Gasteiger partial charge in [-0.25, -0.2) is 4.98 Å². The Morgan fingerprint density at radius 2 is 2.00 bits per heavy atom. The van der Waals surface area contributed by atoms with Gasteiger partial charge in [0.1, 0.15) is 10.5 Å². The number of nitrogens with zero attached hydrogens (tertiary/aromatic N) is 1. The summed E-state index contributed by atoms with van der Waals surface area (Å²) in [5, 5.41) is 0. The minimum atomic E-state index is 0.108. The van der Waals surface area contributed by atoms with Gasteiger partial charge in [-0.05, 0) is 18.9 Å². The molecule has 1 saturated carbocycles. The summed E-state index contributed by atoms with van der Waals surface area (Å²) >= 11 is 5.22. The Labute approximate surface area is 96.1 Å². The molecule has 0 aromatic carbocycles. The summed E-state index contributed by atoms with van der Waals surface area (Å²) in [7, 11) is 0. The van der Waals surface area contributed by atoms with Crippen LogP contribution in [0.4, 0.5) is 0 Å². The molecule has 0 saturated heterocycles. The molecule has 0 aliphatic heterocycles. The van der Waals surface area contributed by atoms with E-state index < -0.39 is 0 Å². The number of rotatable bonds is 1. The molecule has 2 nitrogen and oxygen atoms in total. The van der Waals surface area contributed by atoms with Crippen molar-refractivity contribution in [2.45, 2.75) is 51.4 Å². The molecule has 0 amide bonds. The van der Waals surface area contributed by atoms with Crippen molar-refractivity contribution in [1.82, 2.24) is 9.97 Å². The van der Waals surface area contributed by atoms with E-state index in [1.54, 1.807) is 0 Å². The molecule has 1 heterocycles. The van der Waals surface area contributed by atoms with Gasteiger partial charge in [0.25, 0.3) is 0 Å². The van der Waals surface area contributed by atoms with Gasteiger partial charge in [-0.3, -0.25) is 0 Å². The Morgan fingerprint density at radius 1 is 1.40 bits per heavy atom. The zero-order valence-corrected chi connectivity index (χ0v) is 10.7. The van der Waals surface area contributed by atoms with Crippen LogP contribution in [0.2, 0.25) is 0 Å². The summed E-state index contributed by atoms with van der Waals surface area (Å²) in [5.41, 5.74) is 1.55. The molecule has 15 heavy (non-hydrogen) atoms. The molecule has 1 N–H and O–H groups in total. The highest BCUT2D eigenvalue weighted by molar-refractivity contribution is 7.71. The van der Waals surface area contributed by atoms with E-state index in [9.17, 15) is 0 Å². The molecule has 1 aromatic heterocycles. The standard InChI is InChI=1S/C12H18N2S/c1-11(2,3)8-7-9(15)14-10(13-8)12(4)5-6-12/h7H,5-6H2,1-4H3,(H,13,14,15).